The number of piperazine rings is 1. The maximum Gasteiger partial charge on any atom is 0.225 e. The third-order valence-electron chi connectivity index (χ3n) is 2.65. The van der Waals surface area contributed by atoms with E-state index in [1.807, 2.05) is 6.07 Å². The zero-order chi connectivity index (χ0) is 9.80. The van der Waals surface area contributed by atoms with E-state index in [1.165, 1.54) is 0 Å². The van der Waals surface area contributed by atoms with Gasteiger partial charge in [-0.15, -0.1) is 0 Å². The molecule has 4 heteroatoms. The van der Waals surface area contributed by atoms with Gasteiger partial charge >= 0.3 is 0 Å². The molecule has 0 unspecified atom stereocenters. The second kappa shape index (κ2) is 4.37. The molecule has 2 heterocycles. The largest absolute Gasteiger partial charge is 0.338 e. The molecular weight excluding hydrogens is 176 g/mol. The lowest BCUT2D eigenvalue weighted by molar-refractivity contribution is 0.270. The van der Waals surface area contributed by atoms with Crippen molar-refractivity contribution in [3.05, 3.63) is 18.5 Å². The first-order valence-electron chi connectivity index (χ1n) is 5.14. The van der Waals surface area contributed by atoms with Gasteiger partial charge in [0.15, 0.2) is 0 Å². The van der Waals surface area contributed by atoms with Crippen molar-refractivity contribution < 1.29 is 0 Å². The number of anilines is 1. The Labute approximate surface area is 84.6 Å². The molecule has 1 aliphatic heterocycles. The monoisotopic (exact) mass is 192 g/mol. The van der Waals surface area contributed by atoms with Crippen molar-refractivity contribution in [2.45, 2.75) is 6.92 Å². The highest BCUT2D eigenvalue weighted by Gasteiger charge is 2.16. The number of aromatic nitrogens is 2. The second-order valence-electron chi connectivity index (χ2n) is 3.47. The van der Waals surface area contributed by atoms with E-state index in [-0.39, 0.29) is 0 Å². The number of rotatable bonds is 2. The highest BCUT2D eigenvalue weighted by molar-refractivity contribution is 5.28. The van der Waals surface area contributed by atoms with Crippen LogP contribution in [0.3, 0.4) is 0 Å². The molecule has 0 saturated carbocycles. The SMILES string of the molecule is CCN1CCN(c2ncccn2)CC1. The molecule has 14 heavy (non-hydrogen) atoms. The Hall–Kier alpha value is -1.16. The van der Waals surface area contributed by atoms with E-state index in [0.29, 0.717) is 0 Å². The number of likely N-dealkylation sites (N-methyl/N-ethyl adjacent to an activating group) is 1. The smallest absolute Gasteiger partial charge is 0.225 e. The molecule has 0 radical (unpaired) electrons. The summed E-state index contributed by atoms with van der Waals surface area (Å²) in [6, 6.07) is 1.85. The Balaban J connectivity index is 1.96. The van der Waals surface area contributed by atoms with E-state index in [2.05, 4.69) is 26.7 Å². The van der Waals surface area contributed by atoms with Gasteiger partial charge in [-0.2, -0.15) is 0 Å². The van der Waals surface area contributed by atoms with Crippen LogP contribution >= 0.6 is 0 Å². The summed E-state index contributed by atoms with van der Waals surface area (Å²) in [4.78, 5) is 13.2. The topological polar surface area (TPSA) is 32.3 Å². The van der Waals surface area contributed by atoms with Gasteiger partial charge in [0.05, 0.1) is 0 Å². The highest BCUT2D eigenvalue weighted by atomic mass is 15.3. The molecule has 2 rings (SSSR count). The van der Waals surface area contributed by atoms with E-state index in [4.69, 9.17) is 0 Å². The standard InChI is InChI=1S/C10H16N4/c1-2-13-6-8-14(9-7-13)10-11-4-3-5-12-10/h3-5H,2,6-9H2,1H3. The summed E-state index contributed by atoms with van der Waals surface area (Å²) in [5, 5.41) is 0. The fourth-order valence-corrected chi connectivity index (χ4v) is 1.72. The first-order valence-corrected chi connectivity index (χ1v) is 5.14. The van der Waals surface area contributed by atoms with Gasteiger partial charge in [0, 0.05) is 38.6 Å². The second-order valence-corrected chi connectivity index (χ2v) is 3.47. The van der Waals surface area contributed by atoms with Crippen molar-refractivity contribution in [2.24, 2.45) is 0 Å². The summed E-state index contributed by atoms with van der Waals surface area (Å²) in [6.45, 7) is 7.66. The summed E-state index contributed by atoms with van der Waals surface area (Å²) < 4.78 is 0. The first-order chi connectivity index (χ1) is 6.90. The van der Waals surface area contributed by atoms with E-state index >= 15 is 0 Å². The zero-order valence-electron chi connectivity index (χ0n) is 8.56. The lowest BCUT2D eigenvalue weighted by Gasteiger charge is -2.33. The predicted molar refractivity (Wildman–Crippen MR) is 56.4 cm³/mol. The van der Waals surface area contributed by atoms with Crippen molar-refractivity contribution >= 4 is 5.95 Å². The summed E-state index contributed by atoms with van der Waals surface area (Å²) in [7, 11) is 0. The van der Waals surface area contributed by atoms with Crippen LogP contribution in [0.15, 0.2) is 18.5 Å². The molecule has 76 valence electrons. The van der Waals surface area contributed by atoms with E-state index in [9.17, 15) is 0 Å². The maximum absolute atomic E-state index is 4.25. The summed E-state index contributed by atoms with van der Waals surface area (Å²) in [5.41, 5.74) is 0. The Kier molecular flexibility index (Phi) is 2.93. The van der Waals surface area contributed by atoms with Gasteiger partial charge < -0.3 is 9.80 Å². The maximum atomic E-state index is 4.25. The van der Waals surface area contributed by atoms with Crippen molar-refractivity contribution in [3.8, 4) is 0 Å². The van der Waals surface area contributed by atoms with Crippen molar-refractivity contribution in [1.82, 2.24) is 14.9 Å². The third kappa shape index (κ3) is 2.01. The molecular formula is C10H16N4. The van der Waals surface area contributed by atoms with Crippen LogP contribution < -0.4 is 4.90 Å². The third-order valence-corrected chi connectivity index (χ3v) is 2.65. The lowest BCUT2D eigenvalue weighted by atomic mass is 10.3. The van der Waals surface area contributed by atoms with E-state index in [0.717, 1.165) is 38.7 Å². The molecule has 4 nitrogen and oxygen atoms in total. The molecule has 1 saturated heterocycles. The Morgan fingerprint density at radius 1 is 1.14 bits per heavy atom. The Bertz CT molecular complexity index is 267. The molecule has 1 fully saturated rings. The Morgan fingerprint density at radius 3 is 2.36 bits per heavy atom. The average molecular weight is 192 g/mol. The van der Waals surface area contributed by atoms with Gasteiger partial charge in [0.2, 0.25) is 5.95 Å². The van der Waals surface area contributed by atoms with Crippen LogP contribution in [0.4, 0.5) is 5.95 Å². The predicted octanol–water partition coefficient (Wildman–Crippen LogP) is 0.618. The van der Waals surface area contributed by atoms with Crippen molar-refractivity contribution in [1.29, 1.82) is 0 Å². The highest BCUT2D eigenvalue weighted by Crippen LogP contribution is 2.08. The lowest BCUT2D eigenvalue weighted by Crippen LogP contribution is -2.46. The molecule has 0 atom stereocenters. The molecule has 1 aliphatic rings. The van der Waals surface area contributed by atoms with Gasteiger partial charge in [-0.1, -0.05) is 6.92 Å². The molecule has 1 aromatic heterocycles. The molecule has 0 spiro atoms. The van der Waals surface area contributed by atoms with Crippen LogP contribution in [0, 0.1) is 0 Å². The minimum absolute atomic E-state index is 0.864. The van der Waals surface area contributed by atoms with Crippen LogP contribution in [0.5, 0.6) is 0 Å². The van der Waals surface area contributed by atoms with Gasteiger partial charge in [-0.25, -0.2) is 9.97 Å². The zero-order valence-corrected chi connectivity index (χ0v) is 8.56. The molecule has 0 N–H and O–H groups in total. The van der Waals surface area contributed by atoms with Gasteiger partial charge in [0.25, 0.3) is 0 Å². The van der Waals surface area contributed by atoms with E-state index < -0.39 is 0 Å². The minimum atomic E-state index is 0.864. The van der Waals surface area contributed by atoms with E-state index in [1.54, 1.807) is 12.4 Å². The van der Waals surface area contributed by atoms with Crippen LogP contribution in [-0.4, -0.2) is 47.6 Å². The molecule has 1 aromatic rings. The van der Waals surface area contributed by atoms with Crippen LogP contribution in [0.1, 0.15) is 6.92 Å². The van der Waals surface area contributed by atoms with Crippen LogP contribution in [-0.2, 0) is 0 Å². The average Bonchev–Trinajstić information content (AvgIpc) is 2.30. The number of hydrogen-bond donors (Lipinski definition) is 0. The molecule has 0 bridgehead atoms. The molecule has 0 amide bonds. The summed E-state index contributed by atoms with van der Waals surface area (Å²) >= 11 is 0. The van der Waals surface area contributed by atoms with Crippen molar-refractivity contribution in [2.75, 3.05) is 37.6 Å². The molecule has 0 aromatic carbocycles. The molecule has 0 aliphatic carbocycles. The Morgan fingerprint density at radius 2 is 1.79 bits per heavy atom. The minimum Gasteiger partial charge on any atom is -0.338 e. The van der Waals surface area contributed by atoms with Crippen LogP contribution in [0.25, 0.3) is 0 Å². The van der Waals surface area contributed by atoms with Crippen molar-refractivity contribution in [3.63, 3.8) is 0 Å². The number of hydrogen-bond acceptors (Lipinski definition) is 4. The first kappa shape index (κ1) is 9.40. The van der Waals surface area contributed by atoms with Gasteiger partial charge in [-0.05, 0) is 12.6 Å². The van der Waals surface area contributed by atoms with Crippen LogP contribution in [0.2, 0.25) is 0 Å². The van der Waals surface area contributed by atoms with Gasteiger partial charge in [0.1, 0.15) is 0 Å². The summed E-state index contributed by atoms with van der Waals surface area (Å²) in [6.07, 6.45) is 3.60. The quantitative estimate of drug-likeness (QED) is 0.687. The number of nitrogens with zero attached hydrogens (tertiary/aromatic N) is 4. The fraction of sp³-hybridized carbons (Fsp3) is 0.600. The normalized spacial score (nSPS) is 18.5. The fourth-order valence-electron chi connectivity index (χ4n) is 1.72. The van der Waals surface area contributed by atoms with Gasteiger partial charge in [-0.3, -0.25) is 0 Å². The summed E-state index contributed by atoms with van der Waals surface area (Å²) in [5.74, 6) is 0.864.